The van der Waals surface area contributed by atoms with E-state index in [0.717, 1.165) is 6.42 Å². The van der Waals surface area contributed by atoms with Crippen molar-refractivity contribution in [2.75, 3.05) is 19.6 Å². The highest BCUT2D eigenvalue weighted by atomic mass is 31.2. The first kappa shape index (κ1) is 22.6. The summed E-state index contributed by atoms with van der Waals surface area (Å²) in [6, 6.07) is 18.9. The fourth-order valence-corrected chi connectivity index (χ4v) is 4.38. The van der Waals surface area contributed by atoms with E-state index < -0.39 is 7.60 Å². The summed E-state index contributed by atoms with van der Waals surface area (Å²) < 4.78 is 28.6. The molecule has 2 unspecified atom stereocenters. The zero-order valence-electron chi connectivity index (χ0n) is 17.3. The first-order valence-corrected chi connectivity index (χ1v) is 11.6. The average molecular weight is 405 g/mol. The molecule has 1 N–H and O–H groups in total. The number of nitrogens with one attached hydrogen (secondary N) is 1. The lowest BCUT2D eigenvalue weighted by molar-refractivity contribution is 0.197. The molecule has 0 saturated carbocycles. The van der Waals surface area contributed by atoms with Crippen molar-refractivity contribution >= 4 is 7.60 Å². The molecule has 154 valence electrons. The van der Waals surface area contributed by atoms with Crippen molar-refractivity contribution in [3.05, 3.63) is 65.7 Å². The lowest BCUT2D eigenvalue weighted by Crippen LogP contribution is -2.30. The van der Waals surface area contributed by atoms with Gasteiger partial charge in [-0.2, -0.15) is 0 Å². The highest BCUT2D eigenvalue weighted by Gasteiger charge is 2.24. The third-order valence-corrected chi connectivity index (χ3v) is 6.09. The predicted molar refractivity (Wildman–Crippen MR) is 114 cm³/mol. The number of ether oxygens (including phenoxy) is 1. The van der Waals surface area contributed by atoms with Crippen molar-refractivity contribution in [2.24, 2.45) is 0 Å². The smallest absolute Gasteiger partial charge is 0.367 e. The quantitative estimate of drug-likeness (QED) is 0.468. The van der Waals surface area contributed by atoms with Gasteiger partial charge in [0.25, 0.3) is 0 Å². The van der Waals surface area contributed by atoms with Crippen molar-refractivity contribution < 1.29 is 18.3 Å². The van der Waals surface area contributed by atoms with Crippen molar-refractivity contribution in [2.45, 2.75) is 46.2 Å². The van der Waals surface area contributed by atoms with Crippen LogP contribution in [0.5, 0.6) is 5.75 Å². The Labute approximate surface area is 168 Å². The molecule has 2 rings (SSSR count). The molecule has 5 nitrogen and oxygen atoms in total. The van der Waals surface area contributed by atoms with Gasteiger partial charge in [0.05, 0.1) is 13.2 Å². The van der Waals surface area contributed by atoms with E-state index >= 15 is 0 Å². The van der Waals surface area contributed by atoms with Crippen LogP contribution in [-0.2, 0) is 20.0 Å². The van der Waals surface area contributed by atoms with Gasteiger partial charge in [-0.05, 0) is 57.4 Å². The maximum Gasteiger partial charge on any atom is 0.367 e. The molecule has 0 aromatic heterocycles. The molecule has 2 aromatic rings. The van der Waals surface area contributed by atoms with E-state index in [-0.39, 0.29) is 6.35 Å². The van der Waals surface area contributed by atoms with Crippen LogP contribution in [-0.4, -0.2) is 25.6 Å². The van der Waals surface area contributed by atoms with Crippen LogP contribution in [0.3, 0.4) is 0 Å². The number of benzene rings is 2. The lowest BCUT2D eigenvalue weighted by atomic mass is 10.0. The van der Waals surface area contributed by atoms with E-state index in [2.05, 4.69) is 43.4 Å². The van der Waals surface area contributed by atoms with Crippen LogP contribution in [0, 0.1) is 0 Å². The molecule has 0 saturated heterocycles. The van der Waals surface area contributed by atoms with Crippen LogP contribution in [0.4, 0.5) is 0 Å². The van der Waals surface area contributed by atoms with Crippen LogP contribution in [0.2, 0.25) is 0 Å². The fraction of sp³-hybridized carbons (Fsp3) is 0.455. The van der Waals surface area contributed by atoms with Crippen LogP contribution in [0.1, 0.15) is 44.9 Å². The van der Waals surface area contributed by atoms with Gasteiger partial charge in [-0.15, -0.1) is 0 Å². The summed E-state index contributed by atoms with van der Waals surface area (Å²) in [4.78, 5) is 0. The van der Waals surface area contributed by atoms with Gasteiger partial charge in [0.15, 0.2) is 6.35 Å². The van der Waals surface area contributed by atoms with Crippen LogP contribution in [0.25, 0.3) is 0 Å². The Morgan fingerprint density at radius 3 is 2.11 bits per heavy atom. The molecule has 0 heterocycles. The maximum atomic E-state index is 12.4. The fourth-order valence-electron chi connectivity index (χ4n) is 3.06. The SMILES string of the molecule is CCOP(=O)(COc1ccc(CC(C)NC(C)c2ccccc2)cc1)OCC. The predicted octanol–water partition coefficient (Wildman–Crippen LogP) is 5.57. The molecule has 0 radical (unpaired) electrons. The van der Waals surface area contributed by atoms with Gasteiger partial charge in [0.2, 0.25) is 0 Å². The molecule has 2 atom stereocenters. The Kier molecular flexibility index (Phi) is 9.20. The van der Waals surface area contributed by atoms with Crippen molar-refractivity contribution in [3.8, 4) is 5.75 Å². The minimum absolute atomic E-state index is 0.0828. The minimum atomic E-state index is -3.20. The van der Waals surface area contributed by atoms with E-state index in [1.807, 2.05) is 30.3 Å². The molecule has 0 amide bonds. The molecule has 0 bridgehead atoms. The van der Waals surface area contributed by atoms with Crippen LogP contribution >= 0.6 is 7.60 Å². The first-order chi connectivity index (χ1) is 13.5. The second-order valence-electron chi connectivity index (χ2n) is 6.77. The zero-order valence-corrected chi connectivity index (χ0v) is 18.2. The van der Waals surface area contributed by atoms with Crippen LogP contribution < -0.4 is 10.1 Å². The minimum Gasteiger partial charge on any atom is -0.481 e. The van der Waals surface area contributed by atoms with Gasteiger partial charge in [-0.3, -0.25) is 4.57 Å². The molecule has 0 aliphatic heterocycles. The zero-order chi connectivity index (χ0) is 20.4. The van der Waals surface area contributed by atoms with Crippen molar-refractivity contribution in [1.82, 2.24) is 5.32 Å². The first-order valence-electron chi connectivity index (χ1n) is 9.86. The molecule has 6 heteroatoms. The third-order valence-electron chi connectivity index (χ3n) is 4.34. The van der Waals surface area contributed by atoms with Crippen molar-refractivity contribution in [1.29, 1.82) is 0 Å². The van der Waals surface area contributed by atoms with Gasteiger partial charge in [-0.25, -0.2) is 0 Å². The summed E-state index contributed by atoms with van der Waals surface area (Å²) in [6.07, 6.45) is 0.828. The topological polar surface area (TPSA) is 56.8 Å². The molecular weight excluding hydrogens is 373 g/mol. The Morgan fingerprint density at radius 2 is 1.54 bits per heavy atom. The Balaban J connectivity index is 1.85. The normalized spacial score (nSPS) is 13.9. The van der Waals surface area contributed by atoms with Gasteiger partial charge < -0.3 is 19.1 Å². The Hall–Kier alpha value is -1.65. The monoisotopic (exact) mass is 405 g/mol. The number of hydrogen-bond acceptors (Lipinski definition) is 5. The molecule has 28 heavy (non-hydrogen) atoms. The summed E-state index contributed by atoms with van der Waals surface area (Å²) in [5.41, 5.74) is 2.50. The van der Waals surface area contributed by atoms with E-state index in [4.69, 9.17) is 13.8 Å². The highest BCUT2D eigenvalue weighted by Crippen LogP contribution is 2.47. The number of rotatable bonds is 12. The summed E-state index contributed by atoms with van der Waals surface area (Å²) in [5.74, 6) is 0.654. The van der Waals surface area contributed by atoms with E-state index in [1.165, 1.54) is 11.1 Å². The summed E-state index contributed by atoms with van der Waals surface area (Å²) in [5, 5.41) is 3.63. The molecular formula is C22H32NO4P. The van der Waals surface area contributed by atoms with Crippen LogP contribution in [0.15, 0.2) is 54.6 Å². The molecule has 0 fully saturated rings. The molecule has 0 aliphatic carbocycles. The van der Waals surface area contributed by atoms with Gasteiger partial charge in [0.1, 0.15) is 5.75 Å². The molecule has 0 spiro atoms. The summed E-state index contributed by atoms with van der Waals surface area (Å²) in [7, 11) is -3.20. The lowest BCUT2D eigenvalue weighted by Gasteiger charge is -2.21. The standard InChI is InChI=1S/C22H32NO4P/c1-5-26-28(24,27-6-2)17-25-22-14-12-20(13-15-22)16-18(3)23-19(4)21-10-8-7-9-11-21/h7-15,18-19,23H,5-6,16-17H2,1-4H3. The molecule has 0 aliphatic rings. The Morgan fingerprint density at radius 1 is 0.929 bits per heavy atom. The third kappa shape index (κ3) is 7.40. The Bertz CT molecular complexity index is 726. The largest absolute Gasteiger partial charge is 0.481 e. The van der Waals surface area contributed by atoms with Gasteiger partial charge >= 0.3 is 7.60 Å². The van der Waals surface area contributed by atoms with E-state index in [0.29, 0.717) is 31.0 Å². The summed E-state index contributed by atoms with van der Waals surface area (Å²) >= 11 is 0. The van der Waals surface area contributed by atoms with Gasteiger partial charge in [-0.1, -0.05) is 42.5 Å². The molecule has 2 aromatic carbocycles. The second kappa shape index (κ2) is 11.4. The average Bonchev–Trinajstić information content (AvgIpc) is 2.68. The van der Waals surface area contributed by atoms with E-state index in [1.54, 1.807) is 13.8 Å². The highest BCUT2D eigenvalue weighted by molar-refractivity contribution is 7.53. The summed E-state index contributed by atoms with van der Waals surface area (Å²) in [6.45, 7) is 8.59. The van der Waals surface area contributed by atoms with Crippen molar-refractivity contribution in [3.63, 3.8) is 0 Å². The maximum absolute atomic E-state index is 12.4. The van der Waals surface area contributed by atoms with Gasteiger partial charge in [0, 0.05) is 12.1 Å². The number of hydrogen-bond donors (Lipinski definition) is 1. The second-order valence-corrected chi connectivity index (χ2v) is 8.76. The van der Waals surface area contributed by atoms with E-state index in [9.17, 15) is 4.57 Å².